The summed E-state index contributed by atoms with van der Waals surface area (Å²) in [6, 6.07) is 7.18. The monoisotopic (exact) mass is 306 g/mol. The third-order valence-electron chi connectivity index (χ3n) is 2.44. The number of para-hydroxylation sites is 1. The van der Waals surface area contributed by atoms with Gasteiger partial charge in [0.1, 0.15) is 10.4 Å². The molecule has 1 aromatic carbocycles. The highest BCUT2D eigenvalue weighted by molar-refractivity contribution is 8.26. The Bertz CT molecular complexity index is 635. The molecule has 0 atom stereocenters. The Balaban J connectivity index is 2.41. The van der Waals surface area contributed by atoms with Crippen molar-refractivity contribution in [2.45, 2.75) is 0 Å². The average Bonchev–Trinajstić information content (AvgIpc) is 2.75. The third-order valence-corrected chi connectivity index (χ3v) is 3.60. The molecule has 0 spiro atoms. The van der Waals surface area contributed by atoms with Gasteiger partial charge in [-0.25, -0.2) is 0 Å². The number of carbonyl (C=O) groups excluding carboxylic acids is 1. The number of ether oxygens (including phenoxy) is 2. The van der Waals surface area contributed by atoms with E-state index in [0.29, 0.717) is 26.3 Å². The van der Waals surface area contributed by atoms with Gasteiger partial charge in [-0.2, -0.15) is 5.26 Å². The van der Waals surface area contributed by atoms with Gasteiger partial charge in [0.25, 0.3) is 5.91 Å². The van der Waals surface area contributed by atoms with E-state index in [1.54, 1.807) is 24.3 Å². The molecular weight excluding hydrogens is 296 g/mol. The summed E-state index contributed by atoms with van der Waals surface area (Å²) in [5, 5.41) is 11.2. The average molecular weight is 306 g/mol. The number of hydrogen-bond acceptors (Lipinski definition) is 6. The third kappa shape index (κ3) is 3.10. The zero-order valence-electron chi connectivity index (χ0n) is 10.5. The fourth-order valence-electron chi connectivity index (χ4n) is 1.63. The molecule has 0 unspecified atom stereocenters. The van der Waals surface area contributed by atoms with Crippen molar-refractivity contribution in [2.24, 2.45) is 0 Å². The van der Waals surface area contributed by atoms with Crippen LogP contribution in [0.4, 0.5) is 0 Å². The van der Waals surface area contributed by atoms with Crippen LogP contribution in [0.25, 0.3) is 6.08 Å². The summed E-state index contributed by atoms with van der Waals surface area (Å²) >= 11 is 6.12. The molecule has 1 N–H and O–H groups in total. The highest BCUT2D eigenvalue weighted by Gasteiger charge is 2.23. The maximum atomic E-state index is 11.7. The van der Waals surface area contributed by atoms with Gasteiger partial charge < -0.3 is 14.8 Å². The number of nitrogens with one attached hydrogen (secondary N) is 1. The first-order valence-corrected chi connectivity index (χ1v) is 6.79. The smallest absolute Gasteiger partial charge is 0.263 e. The summed E-state index contributed by atoms with van der Waals surface area (Å²) in [7, 11) is 1.51. The van der Waals surface area contributed by atoms with Crippen LogP contribution in [0.2, 0.25) is 0 Å². The fourth-order valence-corrected chi connectivity index (χ4v) is 2.66. The minimum absolute atomic E-state index is 0.103. The predicted molar refractivity (Wildman–Crippen MR) is 80.4 cm³/mol. The van der Waals surface area contributed by atoms with Crippen molar-refractivity contribution in [2.75, 3.05) is 13.7 Å². The molecular formula is C13H10N2O3S2. The van der Waals surface area contributed by atoms with Gasteiger partial charge in [-0.05, 0) is 12.1 Å². The summed E-state index contributed by atoms with van der Waals surface area (Å²) in [4.78, 5) is 12.1. The number of nitrogens with zero attached hydrogens (tertiary/aromatic N) is 1. The molecule has 102 valence electrons. The van der Waals surface area contributed by atoms with Crippen molar-refractivity contribution in [1.82, 2.24) is 5.32 Å². The van der Waals surface area contributed by atoms with Crippen LogP contribution in [0.5, 0.6) is 11.5 Å². The Kier molecular flexibility index (Phi) is 4.61. The molecule has 7 heteroatoms. The molecule has 0 aliphatic carbocycles. The number of rotatable bonds is 4. The molecule has 0 aromatic heterocycles. The summed E-state index contributed by atoms with van der Waals surface area (Å²) in [6.07, 6.45) is 1.66. The van der Waals surface area contributed by atoms with Crippen molar-refractivity contribution in [3.8, 4) is 17.6 Å². The molecule has 5 nitrogen and oxygen atoms in total. The Morgan fingerprint density at radius 1 is 1.55 bits per heavy atom. The molecule has 1 amide bonds. The lowest BCUT2D eigenvalue weighted by molar-refractivity contribution is -0.115. The number of benzene rings is 1. The van der Waals surface area contributed by atoms with Crippen molar-refractivity contribution >= 4 is 40.3 Å². The van der Waals surface area contributed by atoms with Crippen LogP contribution in [0.3, 0.4) is 0 Å². The topological polar surface area (TPSA) is 71.3 Å². The zero-order chi connectivity index (χ0) is 14.5. The summed E-state index contributed by atoms with van der Waals surface area (Å²) in [5.74, 6) is 0.685. The number of amides is 1. The Hall–Kier alpha value is -2.04. The number of nitriles is 1. The van der Waals surface area contributed by atoms with Gasteiger partial charge in [0.2, 0.25) is 0 Å². The molecule has 1 saturated heterocycles. The summed E-state index contributed by atoms with van der Waals surface area (Å²) in [6.45, 7) is -0.103. The van der Waals surface area contributed by atoms with Crippen LogP contribution in [0.15, 0.2) is 23.1 Å². The first kappa shape index (κ1) is 14.4. The fraction of sp³-hybridized carbons (Fsp3) is 0.154. The quantitative estimate of drug-likeness (QED) is 0.678. The first-order valence-electron chi connectivity index (χ1n) is 5.57. The molecule has 2 rings (SSSR count). The van der Waals surface area contributed by atoms with Crippen LogP contribution < -0.4 is 14.8 Å². The van der Waals surface area contributed by atoms with Gasteiger partial charge in [-0.3, -0.25) is 4.79 Å². The van der Waals surface area contributed by atoms with E-state index in [1.807, 2.05) is 6.07 Å². The molecule has 0 bridgehead atoms. The summed E-state index contributed by atoms with van der Waals surface area (Å²) < 4.78 is 11.0. The van der Waals surface area contributed by atoms with E-state index >= 15 is 0 Å². The zero-order valence-corrected chi connectivity index (χ0v) is 12.1. The highest BCUT2D eigenvalue weighted by Crippen LogP contribution is 2.35. The number of thioether (sulfide) groups is 1. The number of thiocarbonyl (C=S) groups is 1. The van der Waals surface area contributed by atoms with Gasteiger partial charge in [0.15, 0.2) is 18.1 Å². The van der Waals surface area contributed by atoms with Crippen molar-refractivity contribution < 1.29 is 14.3 Å². The SMILES string of the molecule is COc1cccc(C=C2SC(=S)NC2=O)c1OCC#N. The van der Waals surface area contributed by atoms with Crippen LogP contribution in [0, 0.1) is 11.3 Å². The van der Waals surface area contributed by atoms with Crippen LogP contribution in [-0.4, -0.2) is 23.9 Å². The first-order chi connectivity index (χ1) is 9.65. The second-order valence-corrected chi connectivity index (χ2v) is 5.40. The normalized spacial score (nSPS) is 15.9. The molecule has 1 fully saturated rings. The molecule has 20 heavy (non-hydrogen) atoms. The van der Waals surface area contributed by atoms with E-state index in [2.05, 4.69) is 5.32 Å². The lowest BCUT2D eigenvalue weighted by Gasteiger charge is -2.11. The molecule has 1 aliphatic heterocycles. The minimum atomic E-state index is -0.242. The van der Waals surface area contributed by atoms with Gasteiger partial charge in [0, 0.05) is 5.56 Å². The van der Waals surface area contributed by atoms with E-state index in [4.69, 9.17) is 27.0 Å². The van der Waals surface area contributed by atoms with Gasteiger partial charge in [-0.15, -0.1) is 0 Å². The molecule has 0 saturated carbocycles. The molecule has 1 aliphatic rings. The van der Waals surface area contributed by atoms with Crippen molar-refractivity contribution in [3.05, 3.63) is 28.7 Å². The van der Waals surface area contributed by atoms with Crippen LogP contribution in [-0.2, 0) is 4.79 Å². The van der Waals surface area contributed by atoms with Crippen LogP contribution in [0.1, 0.15) is 5.56 Å². The van der Waals surface area contributed by atoms with E-state index in [1.165, 1.54) is 18.9 Å². The van der Waals surface area contributed by atoms with Gasteiger partial charge >= 0.3 is 0 Å². The maximum absolute atomic E-state index is 11.7. The number of hydrogen-bond donors (Lipinski definition) is 1. The minimum Gasteiger partial charge on any atom is -0.493 e. The maximum Gasteiger partial charge on any atom is 0.263 e. The predicted octanol–water partition coefficient (Wildman–Crippen LogP) is 2.09. The second-order valence-electron chi connectivity index (χ2n) is 3.68. The molecule has 1 heterocycles. The second kappa shape index (κ2) is 6.41. The Morgan fingerprint density at radius 3 is 2.95 bits per heavy atom. The summed E-state index contributed by atoms with van der Waals surface area (Å²) in [5.41, 5.74) is 0.655. The van der Waals surface area contributed by atoms with Gasteiger partial charge in [-0.1, -0.05) is 36.1 Å². The number of carbonyl (C=O) groups is 1. The number of methoxy groups -OCH3 is 1. The van der Waals surface area contributed by atoms with E-state index in [9.17, 15) is 4.79 Å². The Morgan fingerprint density at radius 2 is 2.35 bits per heavy atom. The van der Waals surface area contributed by atoms with Crippen molar-refractivity contribution in [3.63, 3.8) is 0 Å². The van der Waals surface area contributed by atoms with Gasteiger partial charge in [0.05, 0.1) is 12.0 Å². The lowest BCUT2D eigenvalue weighted by Crippen LogP contribution is -2.17. The molecule has 0 radical (unpaired) electrons. The van der Waals surface area contributed by atoms with E-state index in [0.717, 1.165) is 0 Å². The highest BCUT2D eigenvalue weighted by atomic mass is 32.2. The lowest BCUT2D eigenvalue weighted by atomic mass is 10.1. The Labute approximate surface area is 125 Å². The van der Waals surface area contributed by atoms with E-state index < -0.39 is 0 Å². The van der Waals surface area contributed by atoms with E-state index in [-0.39, 0.29) is 12.5 Å². The standard InChI is InChI=1S/C13H10N2O3S2/c1-17-9-4-2-3-8(11(9)18-6-5-14)7-10-12(16)15-13(19)20-10/h2-4,7H,6H2,1H3,(H,15,16,19). The largest absolute Gasteiger partial charge is 0.493 e. The van der Waals surface area contributed by atoms with Crippen molar-refractivity contribution in [1.29, 1.82) is 5.26 Å². The van der Waals surface area contributed by atoms with Crippen LogP contribution >= 0.6 is 24.0 Å². The molecule has 1 aromatic rings.